The number of benzene rings is 2. The molecule has 2 aromatic rings. The van der Waals surface area contributed by atoms with Crippen LogP contribution in [0, 0.1) is 0 Å². The van der Waals surface area contributed by atoms with Gasteiger partial charge in [-0.15, -0.1) is 0 Å². The van der Waals surface area contributed by atoms with Gasteiger partial charge in [0, 0.05) is 10.8 Å². The summed E-state index contributed by atoms with van der Waals surface area (Å²) in [5.41, 5.74) is 7.19. The van der Waals surface area contributed by atoms with Crippen LogP contribution in [0.5, 0.6) is 0 Å². The molecule has 192 valence electrons. The molecule has 4 nitrogen and oxygen atoms in total. The molecule has 2 heterocycles. The molecule has 0 spiro atoms. The second kappa shape index (κ2) is 7.34. The second-order valence-electron chi connectivity index (χ2n) is 13.6. The van der Waals surface area contributed by atoms with Crippen molar-refractivity contribution in [2.45, 2.75) is 108 Å². The highest BCUT2D eigenvalue weighted by Crippen LogP contribution is 2.69. The fourth-order valence-corrected chi connectivity index (χ4v) is 8.07. The standard InChI is InChI=1S/C31H38B2O4/c1-20-27(2,3)35-32(34-20)21-10-12-23-24-13-11-22(33-36-28(4,5)29(6,7)37-33)19-26(24)31-16-8-14-30(31,15-9-17-31)25(23)18-21/h10-13,18-19H,1,8-9,14-17H2,2-7H3/t30-,31+. The topological polar surface area (TPSA) is 36.9 Å². The van der Waals surface area contributed by atoms with Crippen LogP contribution < -0.4 is 10.9 Å². The smallest absolute Gasteiger partial charge is 0.534 e. The van der Waals surface area contributed by atoms with Crippen molar-refractivity contribution < 1.29 is 18.6 Å². The van der Waals surface area contributed by atoms with Crippen molar-refractivity contribution in [2.75, 3.05) is 0 Å². The average Bonchev–Trinajstić information content (AvgIpc) is 3.52. The largest absolute Gasteiger partial charge is 0.563 e. The van der Waals surface area contributed by atoms with Crippen molar-refractivity contribution in [3.63, 3.8) is 0 Å². The molecule has 2 aromatic carbocycles. The summed E-state index contributed by atoms with van der Waals surface area (Å²) in [6, 6.07) is 13.9. The Morgan fingerprint density at radius 1 is 0.649 bits per heavy atom. The molecule has 7 rings (SSSR count). The van der Waals surface area contributed by atoms with Gasteiger partial charge in [0.05, 0.1) is 17.0 Å². The first-order chi connectivity index (χ1) is 17.4. The molecule has 4 fully saturated rings. The molecule has 2 saturated carbocycles. The Morgan fingerprint density at radius 3 is 1.54 bits per heavy atom. The van der Waals surface area contributed by atoms with Crippen LogP contribution in [0.4, 0.5) is 0 Å². The van der Waals surface area contributed by atoms with E-state index in [-0.39, 0.29) is 29.2 Å². The third kappa shape index (κ3) is 3.04. The van der Waals surface area contributed by atoms with E-state index in [0.29, 0.717) is 5.76 Å². The molecule has 0 radical (unpaired) electrons. The van der Waals surface area contributed by atoms with Gasteiger partial charge in [0.15, 0.2) is 0 Å². The van der Waals surface area contributed by atoms with Crippen molar-refractivity contribution in [2.24, 2.45) is 0 Å². The summed E-state index contributed by atoms with van der Waals surface area (Å²) in [4.78, 5) is 0. The highest BCUT2D eigenvalue weighted by molar-refractivity contribution is 6.62. The van der Waals surface area contributed by atoms with Gasteiger partial charge in [0.2, 0.25) is 0 Å². The van der Waals surface area contributed by atoms with Gasteiger partial charge in [-0.3, -0.25) is 0 Å². The van der Waals surface area contributed by atoms with Crippen LogP contribution in [0.3, 0.4) is 0 Å². The Hall–Kier alpha value is -2.01. The zero-order chi connectivity index (χ0) is 26.0. The number of fused-ring (bicyclic) bond motifs is 3. The minimum absolute atomic E-state index is 0.172. The number of hydrogen-bond donors (Lipinski definition) is 0. The lowest BCUT2D eigenvalue weighted by Gasteiger charge is -2.48. The van der Waals surface area contributed by atoms with E-state index in [4.69, 9.17) is 18.6 Å². The molecule has 0 bridgehead atoms. The molecular weight excluding hydrogens is 458 g/mol. The second-order valence-corrected chi connectivity index (χ2v) is 13.6. The van der Waals surface area contributed by atoms with Gasteiger partial charge in [0.25, 0.3) is 0 Å². The van der Waals surface area contributed by atoms with Crippen molar-refractivity contribution in [1.29, 1.82) is 0 Å². The van der Waals surface area contributed by atoms with E-state index >= 15 is 0 Å². The average molecular weight is 496 g/mol. The maximum Gasteiger partial charge on any atom is 0.563 e. The molecule has 2 aliphatic heterocycles. The molecule has 3 aliphatic carbocycles. The van der Waals surface area contributed by atoms with Crippen molar-refractivity contribution in [1.82, 2.24) is 0 Å². The van der Waals surface area contributed by atoms with E-state index in [9.17, 15) is 0 Å². The molecule has 5 aliphatic rings. The molecule has 2 saturated heterocycles. The predicted octanol–water partition coefficient (Wildman–Crippen LogP) is 5.54. The first kappa shape index (κ1) is 24.1. The molecular formula is C31H38B2O4. The van der Waals surface area contributed by atoms with E-state index in [1.165, 1.54) is 60.8 Å². The fraction of sp³-hybridized carbons (Fsp3) is 0.548. The minimum Gasteiger partial charge on any atom is -0.534 e. The van der Waals surface area contributed by atoms with Gasteiger partial charge in [-0.1, -0.05) is 55.8 Å². The lowest BCUT2D eigenvalue weighted by Crippen LogP contribution is -2.46. The summed E-state index contributed by atoms with van der Waals surface area (Å²) in [6.07, 6.45) is 7.52. The van der Waals surface area contributed by atoms with Crippen LogP contribution in [-0.4, -0.2) is 31.0 Å². The van der Waals surface area contributed by atoms with E-state index in [0.717, 1.165) is 10.9 Å². The van der Waals surface area contributed by atoms with Gasteiger partial charge in [-0.05, 0) is 100 Å². The summed E-state index contributed by atoms with van der Waals surface area (Å²) in [7, 11) is -0.727. The van der Waals surface area contributed by atoms with Crippen LogP contribution in [0.25, 0.3) is 11.1 Å². The van der Waals surface area contributed by atoms with Gasteiger partial charge < -0.3 is 18.6 Å². The summed E-state index contributed by atoms with van der Waals surface area (Å²) in [6.45, 7) is 16.7. The summed E-state index contributed by atoms with van der Waals surface area (Å²) in [5, 5.41) is 0. The van der Waals surface area contributed by atoms with Crippen LogP contribution in [0.1, 0.15) is 91.2 Å². The predicted molar refractivity (Wildman–Crippen MR) is 149 cm³/mol. The first-order valence-corrected chi connectivity index (χ1v) is 14.1. The van der Waals surface area contributed by atoms with Crippen LogP contribution in [0.15, 0.2) is 48.7 Å². The van der Waals surface area contributed by atoms with Gasteiger partial charge in [-0.2, -0.15) is 0 Å². The molecule has 0 unspecified atom stereocenters. The lowest BCUT2D eigenvalue weighted by atomic mass is 9.54. The van der Waals surface area contributed by atoms with E-state index in [1.54, 1.807) is 0 Å². The Balaban J connectivity index is 1.36. The summed E-state index contributed by atoms with van der Waals surface area (Å²) in [5.74, 6) is 0.699. The Kier molecular flexibility index (Phi) is 4.77. The van der Waals surface area contributed by atoms with Crippen LogP contribution in [0.2, 0.25) is 0 Å². The lowest BCUT2D eigenvalue weighted by molar-refractivity contribution is 0.00578. The third-order valence-electron chi connectivity index (χ3n) is 10.9. The van der Waals surface area contributed by atoms with E-state index < -0.39 is 12.7 Å². The highest BCUT2D eigenvalue weighted by atomic mass is 16.7. The van der Waals surface area contributed by atoms with Crippen molar-refractivity contribution in [3.8, 4) is 11.1 Å². The summed E-state index contributed by atoms with van der Waals surface area (Å²) >= 11 is 0. The molecule has 0 atom stereocenters. The molecule has 0 N–H and O–H groups in total. The SMILES string of the molecule is C=C1OB(c2ccc3c(c2)[C@]24CCC[C@]2(CCC4)c2cc(B4OC(C)(C)C(C)(C)O4)ccc2-3)OC1(C)C. The molecule has 6 heteroatoms. The third-order valence-corrected chi connectivity index (χ3v) is 10.9. The maximum atomic E-state index is 6.47. The normalized spacial score (nSPS) is 32.1. The van der Waals surface area contributed by atoms with Gasteiger partial charge in [-0.25, -0.2) is 0 Å². The first-order valence-electron chi connectivity index (χ1n) is 14.1. The monoisotopic (exact) mass is 496 g/mol. The Bertz CT molecular complexity index is 1300. The molecule has 0 aromatic heterocycles. The quantitative estimate of drug-likeness (QED) is 0.512. The van der Waals surface area contributed by atoms with Gasteiger partial charge in [0.1, 0.15) is 5.60 Å². The maximum absolute atomic E-state index is 6.47. The minimum atomic E-state index is -0.472. The Morgan fingerprint density at radius 2 is 1.11 bits per heavy atom. The highest BCUT2D eigenvalue weighted by Gasteiger charge is 2.63. The van der Waals surface area contributed by atoms with E-state index in [1.807, 2.05) is 13.8 Å². The zero-order valence-corrected chi connectivity index (χ0v) is 23.2. The van der Waals surface area contributed by atoms with E-state index in [2.05, 4.69) is 70.7 Å². The number of rotatable bonds is 2. The zero-order valence-electron chi connectivity index (χ0n) is 23.2. The Labute approximate surface area is 222 Å². The summed E-state index contributed by atoms with van der Waals surface area (Å²) < 4.78 is 25.3. The van der Waals surface area contributed by atoms with Gasteiger partial charge >= 0.3 is 14.2 Å². The van der Waals surface area contributed by atoms with Crippen molar-refractivity contribution >= 4 is 25.2 Å². The van der Waals surface area contributed by atoms with Crippen molar-refractivity contribution in [3.05, 3.63) is 59.9 Å². The molecule has 37 heavy (non-hydrogen) atoms. The number of hydrogen-bond acceptors (Lipinski definition) is 4. The van der Waals surface area contributed by atoms with Crippen LogP contribution in [-0.2, 0) is 29.4 Å². The fourth-order valence-electron chi connectivity index (χ4n) is 8.07. The van der Waals surface area contributed by atoms with Crippen LogP contribution >= 0.6 is 0 Å². The molecule has 0 amide bonds.